The van der Waals surface area contributed by atoms with E-state index >= 15 is 0 Å². The molecule has 0 spiro atoms. The first-order valence-electron chi connectivity index (χ1n) is 5.41. The number of methoxy groups -OCH3 is 1. The molecule has 0 radical (unpaired) electrons. The number of ether oxygens (including phenoxy) is 2. The molecule has 92 valence electrons. The number of hydrogen-bond acceptors (Lipinski definition) is 4. The Morgan fingerprint density at radius 3 is 3.12 bits per heavy atom. The molecule has 0 bridgehead atoms. The molecule has 1 aliphatic heterocycles. The Balaban J connectivity index is 2.30. The molecule has 1 aliphatic rings. The minimum atomic E-state index is -0.330. The van der Waals surface area contributed by atoms with Gasteiger partial charge >= 0.3 is 0 Å². The van der Waals surface area contributed by atoms with Crippen LogP contribution in [0.25, 0.3) is 0 Å². The molecule has 2 rings (SSSR count). The second-order valence-electron chi connectivity index (χ2n) is 3.82. The van der Waals surface area contributed by atoms with Crippen molar-refractivity contribution < 1.29 is 19.4 Å². The van der Waals surface area contributed by atoms with Crippen LogP contribution in [-0.4, -0.2) is 44.0 Å². The molecular weight excluding hydrogens is 222 g/mol. The molecule has 1 aromatic rings. The van der Waals surface area contributed by atoms with E-state index < -0.39 is 0 Å². The summed E-state index contributed by atoms with van der Waals surface area (Å²) in [5.74, 6) is 0.530. The van der Waals surface area contributed by atoms with Gasteiger partial charge in [-0.1, -0.05) is 6.07 Å². The van der Waals surface area contributed by atoms with Crippen molar-refractivity contribution in [1.29, 1.82) is 0 Å². The first-order valence-corrected chi connectivity index (χ1v) is 5.41. The van der Waals surface area contributed by atoms with Crippen LogP contribution in [0.15, 0.2) is 24.3 Å². The number of benzene rings is 1. The van der Waals surface area contributed by atoms with E-state index in [1.807, 2.05) is 18.2 Å². The zero-order chi connectivity index (χ0) is 12.3. The third kappa shape index (κ3) is 2.40. The van der Waals surface area contributed by atoms with Gasteiger partial charge in [-0.05, 0) is 12.1 Å². The van der Waals surface area contributed by atoms with Gasteiger partial charge in [0.1, 0.15) is 12.4 Å². The lowest BCUT2D eigenvalue weighted by Gasteiger charge is -2.34. The molecule has 0 aromatic heterocycles. The lowest BCUT2D eigenvalue weighted by molar-refractivity contribution is -0.128. The summed E-state index contributed by atoms with van der Waals surface area (Å²) in [5, 5.41) is 9.26. The van der Waals surface area contributed by atoms with Gasteiger partial charge in [-0.15, -0.1) is 0 Å². The number of anilines is 1. The van der Waals surface area contributed by atoms with Gasteiger partial charge in [-0.25, -0.2) is 0 Å². The predicted molar refractivity (Wildman–Crippen MR) is 62.2 cm³/mol. The fourth-order valence-electron chi connectivity index (χ4n) is 1.88. The lowest BCUT2D eigenvalue weighted by Crippen LogP contribution is -2.51. The predicted octanol–water partition coefficient (Wildman–Crippen LogP) is 0.419. The zero-order valence-electron chi connectivity index (χ0n) is 9.63. The summed E-state index contributed by atoms with van der Waals surface area (Å²) in [6.45, 7) is 0.274. The van der Waals surface area contributed by atoms with Crippen LogP contribution in [0.2, 0.25) is 0 Å². The highest BCUT2D eigenvalue weighted by molar-refractivity contribution is 5.95. The summed E-state index contributed by atoms with van der Waals surface area (Å²) in [5.41, 5.74) is 0.719. The van der Waals surface area contributed by atoms with Crippen molar-refractivity contribution in [1.82, 2.24) is 0 Å². The Morgan fingerprint density at radius 1 is 1.59 bits per heavy atom. The number of hydrogen-bond donors (Lipinski definition) is 1. The van der Waals surface area contributed by atoms with E-state index in [1.165, 1.54) is 0 Å². The largest absolute Gasteiger partial charge is 0.497 e. The van der Waals surface area contributed by atoms with Crippen LogP contribution in [0.5, 0.6) is 5.75 Å². The van der Waals surface area contributed by atoms with E-state index in [1.54, 1.807) is 18.1 Å². The van der Waals surface area contributed by atoms with Crippen LogP contribution < -0.4 is 9.64 Å². The quantitative estimate of drug-likeness (QED) is 0.827. The summed E-state index contributed by atoms with van der Waals surface area (Å²) in [7, 11) is 1.57. The molecule has 1 amide bonds. The first kappa shape index (κ1) is 11.9. The molecule has 1 aromatic carbocycles. The van der Waals surface area contributed by atoms with E-state index in [0.717, 1.165) is 5.69 Å². The molecule has 1 heterocycles. The summed E-state index contributed by atoms with van der Waals surface area (Å²) >= 11 is 0. The molecule has 1 N–H and O–H groups in total. The lowest BCUT2D eigenvalue weighted by atomic mass is 10.2. The molecule has 1 saturated heterocycles. The fourth-order valence-corrected chi connectivity index (χ4v) is 1.88. The number of amides is 1. The van der Waals surface area contributed by atoms with Gasteiger partial charge in [0.15, 0.2) is 0 Å². The summed E-state index contributed by atoms with van der Waals surface area (Å²) in [6, 6.07) is 6.87. The maximum Gasteiger partial charge on any atom is 0.253 e. The molecular formula is C12H15NO4. The van der Waals surface area contributed by atoms with E-state index in [0.29, 0.717) is 12.4 Å². The maximum atomic E-state index is 11.8. The molecule has 5 heteroatoms. The minimum absolute atomic E-state index is 0.0493. The number of aliphatic hydroxyl groups is 1. The van der Waals surface area contributed by atoms with Crippen molar-refractivity contribution in [3.8, 4) is 5.75 Å². The van der Waals surface area contributed by atoms with Crippen molar-refractivity contribution in [2.24, 2.45) is 0 Å². The van der Waals surface area contributed by atoms with Crippen LogP contribution in [0.3, 0.4) is 0 Å². The number of nitrogens with zero attached hydrogens (tertiary/aromatic N) is 1. The van der Waals surface area contributed by atoms with Crippen molar-refractivity contribution >= 4 is 11.6 Å². The minimum Gasteiger partial charge on any atom is -0.497 e. The first-order chi connectivity index (χ1) is 8.26. The topological polar surface area (TPSA) is 59.0 Å². The zero-order valence-corrected chi connectivity index (χ0v) is 9.63. The maximum absolute atomic E-state index is 11.8. The van der Waals surface area contributed by atoms with E-state index in [2.05, 4.69) is 0 Å². The van der Waals surface area contributed by atoms with Gasteiger partial charge in [-0.2, -0.15) is 0 Å². The Kier molecular flexibility index (Phi) is 3.61. The third-order valence-electron chi connectivity index (χ3n) is 2.71. The standard InChI is InChI=1S/C12H15NO4/c1-16-11-4-2-3-9(5-11)13-10(6-14)7-17-8-12(13)15/h2-5,10,14H,6-8H2,1H3. The number of aliphatic hydroxyl groups excluding tert-OH is 1. The summed E-state index contributed by atoms with van der Waals surface area (Å²) < 4.78 is 10.2. The molecule has 0 saturated carbocycles. The number of carbonyl (C=O) groups excluding carboxylic acids is 1. The SMILES string of the molecule is COc1cccc(N2C(=O)COCC2CO)c1. The molecule has 1 fully saturated rings. The summed E-state index contributed by atoms with van der Waals surface area (Å²) in [6.07, 6.45) is 0. The molecule has 17 heavy (non-hydrogen) atoms. The van der Waals surface area contributed by atoms with Crippen LogP contribution in [0.4, 0.5) is 5.69 Å². The summed E-state index contributed by atoms with van der Waals surface area (Å²) in [4.78, 5) is 13.4. The van der Waals surface area contributed by atoms with Crippen molar-refractivity contribution in [2.75, 3.05) is 31.8 Å². The average Bonchev–Trinajstić information content (AvgIpc) is 2.38. The van der Waals surface area contributed by atoms with E-state index in [4.69, 9.17) is 9.47 Å². The number of carbonyl (C=O) groups is 1. The third-order valence-corrected chi connectivity index (χ3v) is 2.71. The monoisotopic (exact) mass is 237 g/mol. The molecule has 5 nitrogen and oxygen atoms in total. The van der Waals surface area contributed by atoms with Crippen LogP contribution in [0.1, 0.15) is 0 Å². The van der Waals surface area contributed by atoms with Gasteiger partial charge in [0, 0.05) is 11.8 Å². The average molecular weight is 237 g/mol. The van der Waals surface area contributed by atoms with Gasteiger partial charge < -0.3 is 19.5 Å². The molecule has 1 unspecified atom stereocenters. The number of morpholine rings is 1. The Labute approximate surface area is 99.6 Å². The Hall–Kier alpha value is -1.59. The normalized spacial score (nSPS) is 20.5. The highest BCUT2D eigenvalue weighted by atomic mass is 16.5. The Bertz CT molecular complexity index is 407. The van der Waals surface area contributed by atoms with Crippen LogP contribution in [-0.2, 0) is 9.53 Å². The van der Waals surface area contributed by atoms with Crippen molar-refractivity contribution in [2.45, 2.75) is 6.04 Å². The Morgan fingerprint density at radius 2 is 2.41 bits per heavy atom. The second-order valence-corrected chi connectivity index (χ2v) is 3.82. The highest BCUT2D eigenvalue weighted by Crippen LogP contribution is 2.24. The van der Waals surface area contributed by atoms with Gasteiger partial charge in [0.05, 0.1) is 26.4 Å². The molecule has 0 aliphatic carbocycles. The van der Waals surface area contributed by atoms with Gasteiger partial charge in [0.2, 0.25) is 0 Å². The van der Waals surface area contributed by atoms with Gasteiger partial charge in [0.25, 0.3) is 5.91 Å². The van der Waals surface area contributed by atoms with E-state index in [9.17, 15) is 9.90 Å². The number of rotatable bonds is 3. The fraction of sp³-hybridized carbons (Fsp3) is 0.417. The van der Waals surface area contributed by atoms with Crippen LogP contribution in [0, 0.1) is 0 Å². The van der Waals surface area contributed by atoms with Crippen molar-refractivity contribution in [3.63, 3.8) is 0 Å². The smallest absolute Gasteiger partial charge is 0.253 e. The van der Waals surface area contributed by atoms with Crippen molar-refractivity contribution in [3.05, 3.63) is 24.3 Å². The van der Waals surface area contributed by atoms with E-state index in [-0.39, 0.29) is 25.2 Å². The molecule has 1 atom stereocenters. The van der Waals surface area contributed by atoms with Crippen LogP contribution >= 0.6 is 0 Å². The van der Waals surface area contributed by atoms with Gasteiger partial charge in [-0.3, -0.25) is 4.79 Å². The highest BCUT2D eigenvalue weighted by Gasteiger charge is 2.29. The second kappa shape index (κ2) is 5.16.